The highest BCUT2D eigenvalue weighted by Crippen LogP contribution is 2.32. The average Bonchev–Trinajstić information content (AvgIpc) is 2.76. The first-order chi connectivity index (χ1) is 14.8. The van der Waals surface area contributed by atoms with Gasteiger partial charge in [-0.2, -0.15) is 0 Å². The number of hydrogen-bond acceptors (Lipinski definition) is 7. The van der Waals surface area contributed by atoms with E-state index in [0.717, 1.165) is 6.42 Å². The fraction of sp³-hybridized carbons (Fsp3) is 0.348. The minimum absolute atomic E-state index is 0.0641. The first kappa shape index (κ1) is 27.9. The number of nitrogens with zero attached hydrogens (tertiary/aromatic N) is 1. The lowest BCUT2D eigenvalue weighted by Gasteiger charge is -2.12. The van der Waals surface area contributed by atoms with Crippen molar-refractivity contribution in [2.24, 2.45) is 4.99 Å². The van der Waals surface area contributed by atoms with Gasteiger partial charge in [0.05, 0.1) is 25.0 Å². The summed E-state index contributed by atoms with van der Waals surface area (Å²) < 4.78 is 10.4. The molecule has 0 saturated heterocycles. The van der Waals surface area contributed by atoms with Crippen molar-refractivity contribution in [2.45, 2.75) is 27.2 Å². The van der Waals surface area contributed by atoms with Crippen molar-refractivity contribution in [2.75, 3.05) is 27.8 Å². The van der Waals surface area contributed by atoms with E-state index in [4.69, 9.17) is 26.5 Å². The number of hydrogen-bond donors (Lipinski definition) is 3. The molecule has 0 aliphatic carbocycles. The number of carbonyl (C=O) groups excluding carboxylic acids is 1. The number of aliphatic imine (C=N–C) groups is 1. The topological polar surface area (TPSA) is 95.8 Å². The summed E-state index contributed by atoms with van der Waals surface area (Å²) in [5, 5.41) is 13.8. The predicted octanol–water partition coefficient (Wildman–Crippen LogP) is 4.70. The van der Waals surface area contributed by atoms with Crippen LogP contribution in [-0.4, -0.2) is 45.2 Å². The first-order valence-electron chi connectivity index (χ1n) is 9.81. The van der Waals surface area contributed by atoms with Crippen LogP contribution in [0.3, 0.4) is 0 Å². The highest BCUT2D eigenvalue weighted by atomic mass is 35.5. The summed E-state index contributed by atoms with van der Waals surface area (Å²) >= 11 is 6.02. The molecule has 1 aromatic rings. The smallest absolute Gasteiger partial charge is 0.339 e. The lowest BCUT2D eigenvalue weighted by Crippen LogP contribution is -2.15. The van der Waals surface area contributed by atoms with Gasteiger partial charge in [-0.25, -0.2) is 9.79 Å². The van der Waals surface area contributed by atoms with Crippen LogP contribution in [0.15, 0.2) is 58.9 Å². The largest absolute Gasteiger partial charge is 0.494 e. The van der Waals surface area contributed by atoms with E-state index in [2.05, 4.69) is 35.2 Å². The maximum absolute atomic E-state index is 12.0. The van der Waals surface area contributed by atoms with Crippen molar-refractivity contribution >= 4 is 34.7 Å². The maximum Gasteiger partial charge on any atom is 0.339 e. The molecule has 8 heteroatoms. The second-order valence-corrected chi connectivity index (χ2v) is 6.43. The van der Waals surface area contributed by atoms with Crippen LogP contribution >= 0.6 is 11.6 Å². The van der Waals surface area contributed by atoms with E-state index in [0.29, 0.717) is 22.7 Å². The quantitative estimate of drug-likeness (QED) is 0.208. The fourth-order valence-electron chi connectivity index (χ4n) is 2.19. The molecule has 0 unspecified atom stereocenters. The summed E-state index contributed by atoms with van der Waals surface area (Å²) in [5.41, 5.74) is 1.69. The van der Waals surface area contributed by atoms with Crippen LogP contribution in [0, 0.1) is 5.41 Å². The SMILES string of the molecule is C=C(C(=O)OCC)C(/C=C(/Cl)NC)=Nc1cccc(C(C)=N)c1OC.CC/C=C/NC. The zero-order chi connectivity index (χ0) is 23.8. The molecule has 1 rings (SSSR count). The minimum Gasteiger partial charge on any atom is -0.494 e. The number of benzene rings is 1. The summed E-state index contributed by atoms with van der Waals surface area (Å²) in [6.07, 6.45) is 6.59. The van der Waals surface area contributed by atoms with Crippen LogP contribution in [0.4, 0.5) is 5.69 Å². The molecule has 0 heterocycles. The van der Waals surface area contributed by atoms with Crippen molar-refractivity contribution in [1.82, 2.24) is 10.6 Å². The van der Waals surface area contributed by atoms with Gasteiger partial charge in [0, 0.05) is 25.4 Å². The number of nitrogens with one attached hydrogen (secondary N) is 3. The van der Waals surface area contributed by atoms with Crippen LogP contribution in [0.5, 0.6) is 5.75 Å². The molecule has 0 amide bonds. The Morgan fingerprint density at radius 2 is 2.00 bits per heavy atom. The number of para-hydroxylation sites is 1. The van der Waals surface area contributed by atoms with Gasteiger partial charge in [0.2, 0.25) is 0 Å². The second kappa shape index (κ2) is 15.7. The summed E-state index contributed by atoms with van der Waals surface area (Å²) in [5.74, 6) is -0.158. The molecule has 0 radical (unpaired) electrons. The Kier molecular flexibility index (Phi) is 14.2. The van der Waals surface area contributed by atoms with Crippen LogP contribution in [-0.2, 0) is 9.53 Å². The Morgan fingerprint density at radius 3 is 2.45 bits per heavy atom. The molecule has 1 aromatic carbocycles. The highest BCUT2D eigenvalue weighted by Gasteiger charge is 2.16. The van der Waals surface area contributed by atoms with Gasteiger partial charge < -0.3 is 25.5 Å². The monoisotopic (exact) mass is 448 g/mol. The first-order valence-corrected chi connectivity index (χ1v) is 10.2. The number of halogens is 1. The molecule has 0 aliphatic rings. The Labute approximate surface area is 190 Å². The molecule has 0 aromatic heterocycles. The number of rotatable bonds is 10. The molecule has 0 fully saturated rings. The van der Waals surface area contributed by atoms with Crippen molar-refractivity contribution < 1.29 is 14.3 Å². The molecule has 0 spiro atoms. The number of methoxy groups -OCH3 is 1. The third-order valence-corrected chi connectivity index (χ3v) is 3.99. The lowest BCUT2D eigenvalue weighted by atomic mass is 10.1. The fourth-order valence-corrected chi connectivity index (χ4v) is 2.29. The van der Waals surface area contributed by atoms with Gasteiger partial charge in [-0.3, -0.25) is 0 Å². The Balaban J connectivity index is 0.00000131. The number of ether oxygens (including phenoxy) is 2. The van der Waals surface area contributed by atoms with E-state index >= 15 is 0 Å². The molecule has 170 valence electrons. The Bertz CT molecular complexity index is 839. The molecular formula is C23H33ClN4O3. The normalized spacial score (nSPS) is 11.3. The van der Waals surface area contributed by atoms with Crippen LogP contribution in [0.1, 0.15) is 32.8 Å². The van der Waals surface area contributed by atoms with Crippen molar-refractivity contribution in [3.8, 4) is 5.75 Å². The van der Waals surface area contributed by atoms with Crippen molar-refractivity contribution in [1.29, 1.82) is 5.41 Å². The average molecular weight is 449 g/mol. The molecular weight excluding hydrogens is 416 g/mol. The van der Waals surface area contributed by atoms with Gasteiger partial charge in [0.25, 0.3) is 0 Å². The summed E-state index contributed by atoms with van der Waals surface area (Å²) in [7, 11) is 5.03. The van der Waals surface area contributed by atoms with Crippen molar-refractivity contribution in [3.05, 3.63) is 59.4 Å². The highest BCUT2D eigenvalue weighted by molar-refractivity contribution is 6.33. The molecule has 0 aliphatic heterocycles. The zero-order valence-electron chi connectivity index (χ0n) is 19.1. The third-order valence-electron chi connectivity index (χ3n) is 3.70. The number of carbonyl (C=O) groups is 1. The van der Waals surface area contributed by atoms with Gasteiger partial charge in [0.15, 0.2) is 5.75 Å². The van der Waals surface area contributed by atoms with Gasteiger partial charge in [-0.05, 0) is 44.7 Å². The Morgan fingerprint density at radius 1 is 1.32 bits per heavy atom. The van der Waals surface area contributed by atoms with Gasteiger partial charge in [0.1, 0.15) is 10.8 Å². The van der Waals surface area contributed by atoms with E-state index in [-0.39, 0.29) is 23.0 Å². The van der Waals surface area contributed by atoms with E-state index in [1.165, 1.54) is 13.2 Å². The van der Waals surface area contributed by atoms with E-state index < -0.39 is 5.97 Å². The van der Waals surface area contributed by atoms with Crippen LogP contribution < -0.4 is 15.4 Å². The lowest BCUT2D eigenvalue weighted by molar-refractivity contribution is -0.137. The third kappa shape index (κ3) is 10.00. The van der Waals surface area contributed by atoms with E-state index in [1.54, 1.807) is 39.1 Å². The minimum atomic E-state index is -0.587. The van der Waals surface area contributed by atoms with Gasteiger partial charge >= 0.3 is 5.97 Å². The predicted molar refractivity (Wildman–Crippen MR) is 130 cm³/mol. The molecule has 3 N–H and O–H groups in total. The molecule has 0 bridgehead atoms. The second-order valence-electron chi connectivity index (χ2n) is 6.02. The zero-order valence-corrected chi connectivity index (χ0v) is 19.9. The molecule has 7 nitrogen and oxygen atoms in total. The van der Waals surface area contributed by atoms with Gasteiger partial charge in [-0.1, -0.05) is 37.2 Å². The Hall–Kier alpha value is -3.06. The number of allylic oxidation sites excluding steroid dienone is 2. The number of esters is 1. The van der Waals surface area contributed by atoms with E-state index in [9.17, 15) is 4.79 Å². The summed E-state index contributed by atoms with van der Waals surface area (Å²) in [6.45, 7) is 9.44. The standard InChI is InChI=1S/C18H22ClN3O3.C5H11N/c1-6-25-18(23)11(2)15(10-16(19)21-4)22-14-9-7-8-13(12(3)20)17(14)24-5;1-3-4-5-6-2/h7-10,20-21H,2,6H2,1,3-5H3;4-6H,3H2,1-2H3/b16-10-,20-12?,22-15?;5-4+. The van der Waals surface area contributed by atoms with E-state index in [1.807, 2.05) is 13.2 Å². The summed E-state index contributed by atoms with van der Waals surface area (Å²) in [6, 6.07) is 5.23. The van der Waals surface area contributed by atoms with Crippen LogP contribution in [0.2, 0.25) is 0 Å². The van der Waals surface area contributed by atoms with Gasteiger partial charge in [-0.15, -0.1) is 0 Å². The molecule has 0 atom stereocenters. The molecule has 0 saturated carbocycles. The summed E-state index contributed by atoms with van der Waals surface area (Å²) in [4.78, 5) is 16.5. The maximum atomic E-state index is 12.0. The van der Waals surface area contributed by atoms with Crippen LogP contribution in [0.25, 0.3) is 0 Å². The molecule has 31 heavy (non-hydrogen) atoms. The van der Waals surface area contributed by atoms with Crippen molar-refractivity contribution in [3.63, 3.8) is 0 Å².